The van der Waals surface area contributed by atoms with E-state index in [1.807, 2.05) is 6.92 Å². The van der Waals surface area contributed by atoms with Crippen molar-refractivity contribution in [3.05, 3.63) is 29.8 Å². The number of rotatable bonds is 12. The molecule has 0 unspecified atom stereocenters. The van der Waals surface area contributed by atoms with Crippen LogP contribution in [0.25, 0.3) is 0 Å². The highest BCUT2D eigenvalue weighted by Crippen LogP contribution is 2.12. The molecule has 0 saturated heterocycles. The van der Waals surface area contributed by atoms with Crippen LogP contribution in [0, 0.1) is 6.92 Å². The molecule has 0 aliphatic heterocycles. The summed E-state index contributed by atoms with van der Waals surface area (Å²) in [5.74, 6) is -0.529. The molecule has 0 N–H and O–H groups in total. The van der Waals surface area contributed by atoms with Gasteiger partial charge >= 0.3 is 5.97 Å². The molecule has 0 aliphatic rings. The van der Waals surface area contributed by atoms with E-state index in [0.717, 1.165) is 5.56 Å². The van der Waals surface area contributed by atoms with E-state index >= 15 is 0 Å². The maximum absolute atomic E-state index is 11.9. The molecule has 136 valence electrons. The van der Waals surface area contributed by atoms with Crippen molar-refractivity contribution in [3.8, 4) is 0 Å². The van der Waals surface area contributed by atoms with Gasteiger partial charge in [-0.05, 0) is 19.1 Å². The number of hydrogen-bond donors (Lipinski definition) is 0. The zero-order valence-corrected chi connectivity index (χ0v) is 14.5. The Morgan fingerprint density at radius 2 is 1.46 bits per heavy atom. The first kappa shape index (κ1) is 20.5. The second kappa shape index (κ2) is 11.1. The number of aryl methyl sites for hydroxylation is 1. The Hall–Kier alpha value is -1.52. The minimum atomic E-state index is -3.76. The number of hydrogen-bond acceptors (Lipinski definition) is 8. The summed E-state index contributed by atoms with van der Waals surface area (Å²) in [5.41, 5.74) is 0.968. The molecule has 0 aromatic heterocycles. The van der Waals surface area contributed by atoms with Gasteiger partial charge in [0.25, 0.3) is 10.1 Å². The first-order chi connectivity index (χ1) is 11.4. The number of carbonyl (C=O) groups is 1. The average molecular weight is 362 g/mol. The molecular weight excluding hydrogens is 340 g/mol. The van der Waals surface area contributed by atoms with Crippen LogP contribution in [-0.4, -0.2) is 54.0 Å². The molecule has 1 rings (SSSR count). The van der Waals surface area contributed by atoms with E-state index in [-0.39, 0.29) is 37.9 Å². The Morgan fingerprint density at radius 1 is 0.917 bits per heavy atom. The molecule has 1 aromatic carbocycles. The van der Waals surface area contributed by atoms with Crippen molar-refractivity contribution in [2.75, 3.05) is 39.6 Å². The van der Waals surface area contributed by atoms with Crippen LogP contribution < -0.4 is 0 Å². The van der Waals surface area contributed by atoms with E-state index in [9.17, 15) is 13.2 Å². The number of carbonyl (C=O) groups excluding carboxylic acids is 1. The van der Waals surface area contributed by atoms with Crippen LogP contribution in [0.15, 0.2) is 29.2 Å². The lowest BCUT2D eigenvalue weighted by Gasteiger charge is -2.07. The summed E-state index contributed by atoms with van der Waals surface area (Å²) in [7, 11) is -3.76. The van der Waals surface area contributed by atoms with E-state index < -0.39 is 16.1 Å². The van der Waals surface area contributed by atoms with Crippen molar-refractivity contribution in [1.82, 2.24) is 0 Å². The van der Waals surface area contributed by atoms with Crippen LogP contribution in [0.1, 0.15) is 12.5 Å². The highest BCUT2D eigenvalue weighted by atomic mass is 32.2. The SMILES string of the molecule is CC(=O)OOCCOCCOCCOS(=O)(=O)c1ccc(C)cc1. The predicted octanol–water partition coefficient (Wildman–Crippen LogP) is 1.23. The number of ether oxygens (including phenoxy) is 2. The van der Waals surface area contributed by atoms with Gasteiger partial charge in [0.2, 0.25) is 0 Å². The summed E-state index contributed by atoms with van der Waals surface area (Å²) in [5, 5.41) is 0. The van der Waals surface area contributed by atoms with E-state index in [0.29, 0.717) is 6.61 Å². The summed E-state index contributed by atoms with van der Waals surface area (Å²) in [6.45, 7) is 4.09. The highest BCUT2D eigenvalue weighted by molar-refractivity contribution is 7.86. The summed E-state index contributed by atoms with van der Waals surface area (Å²) in [4.78, 5) is 19.3. The van der Waals surface area contributed by atoms with E-state index in [2.05, 4.69) is 9.78 Å². The maximum Gasteiger partial charge on any atom is 0.339 e. The smallest absolute Gasteiger partial charge is 0.339 e. The third-order valence-electron chi connectivity index (χ3n) is 2.64. The molecule has 0 bridgehead atoms. The summed E-state index contributed by atoms with van der Waals surface area (Å²) >= 11 is 0. The van der Waals surface area contributed by atoms with Gasteiger partial charge in [0.05, 0.1) is 37.9 Å². The minimum absolute atomic E-state index is 0.0776. The topological polar surface area (TPSA) is 97.4 Å². The zero-order valence-electron chi connectivity index (χ0n) is 13.7. The van der Waals surface area contributed by atoms with E-state index in [4.69, 9.17) is 13.7 Å². The Kier molecular flexibility index (Phi) is 9.50. The largest absolute Gasteiger partial charge is 0.377 e. The fourth-order valence-electron chi connectivity index (χ4n) is 1.52. The summed E-state index contributed by atoms with van der Waals surface area (Å²) in [6, 6.07) is 6.40. The monoisotopic (exact) mass is 362 g/mol. The summed E-state index contributed by atoms with van der Waals surface area (Å²) in [6.07, 6.45) is 0. The van der Waals surface area contributed by atoms with Crippen molar-refractivity contribution >= 4 is 16.1 Å². The molecule has 24 heavy (non-hydrogen) atoms. The molecule has 0 amide bonds. The van der Waals surface area contributed by atoms with Gasteiger partial charge in [-0.2, -0.15) is 13.3 Å². The van der Waals surface area contributed by atoms with Crippen LogP contribution in [0.3, 0.4) is 0 Å². The van der Waals surface area contributed by atoms with Crippen LogP contribution in [0.4, 0.5) is 0 Å². The molecular formula is C15H22O8S. The Labute approximate surface area is 141 Å². The van der Waals surface area contributed by atoms with Gasteiger partial charge in [-0.25, -0.2) is 4.79 Å². The van der Waals surface area contributed by atoms with Crippen molar-refractivity contribution in [2.45, 2.75) is 18.7 Å². The Balaban J connectivity index is 2.03. The van der Waals surface area contributed by atoms with Gasteiger partial charge in [0.1, 0.15) is 6.61 Å². The third kappa shape index (κ3) is 8.94. The second-order valence-corrected chi connectivity index (χ2v) is 6.33. The minimum Gasteiger partial charge on any atom is -0.377 e. The first-order valence-corrected chi connectivity index (χ1v) is 8.74. The number of benzene rings is 1. The molecule has 8 nitrogen and oxygen atoms in total. The molecule has 0 fully saturated rings. The van der Waals surface area contributed by atoms with E-state index in [1.54, 1.807) is 12.1 Å². The molecule has 0 radical (unpaired) electrons. The zero-order chi connectivity index (χ0) is 17.8. The molecule has 9 heteroatoms. The van der Waals surface area contributed by atoms with Crippen molar-refractivity contribution in [3.63, 3.8) is 0 Å². The molecule has 0 aliphatic carbocycles. The Bertz CT molecular complexity index is 582. The fraction of sp³-hybridized carbons (Fsp3) is 0.533. The van der Waals surface area contributed by atoms with Crippen LogP contribution in [-0.2, 0) is 38.3 Å². The normalized spacial score (nSPS) is 11.4. The molecule has 1 aromatic rings. The van der Waals surface area contributed by atoms with Crippen LogP contribution in [0.2, 0.25) is 0 Å². The van der Waals surface area contributed by atoms with Gasteiger partial charge in [0, 0.05) is 6.92 Å². The quantitative estimate of drug-likeness (QED) is 0.237. The van der Waals surface area contributed by atoms with Crippen molar-refractivity contribution in [2.24, 2.45) is 0 Å². The molecule has 0 saturated carbocycles. The van der Waals surface area contributed by atoms with Crippen LogP contribution >= 0.6 is 0 Å². The lowest BCUT2D eigenvalue weighted by Crippen LogP contribution is -2.14. The standard InChI is InChI=1S/C15H22O8S/c1-13-3-5-15(6-4-13)24(17,18)22-12-10-20-8-7-19-9-11-21-23-14(2)16/h3-6H,7-12H2,1-2H3. The lowest BCUT2D eigenvalue weighted by atomic mass is 10.2. The van der Waals surface area contributed by atoms with Gasteiger partial charge in [-0.3, -0.25) is 9.07 Å². The first-order valence-electron chi connectivity index (χ1n) is 7.33. The predicted molar refractivity (Wildman–Crippen MR) is 83.7 cm³/mol. The van der Waals surface area contributed by atoms with Crippen LogP contribution in [0.5, 0.6) is 0 Å². The second-order valence-electron chi connectivity index (χ2n) is 4.71. The van der Waals surface area contributed by atoms with Crippen molar-refractivity contribution in [1.29, 1.82) is 0 Å². The molecule has 0 atom stereocenters. The average Bonchev–Trinajstić information content (AvgIpc) is 2.52. The fourth-order valence-corrected chi connectivity index (χ4v) is 2.41. The molecule has 0 heterocycles. The van der Waals surface area contributed by atoms with Gasteiger partial charge in [0.15, 0.2) is 0 Å². The van der Waals surface area contributed by atoms with Gasteiger partial charge in [-0.1, -0.05) is 17.7 Å². The van der Waals surface area contributed by atoms with Gasteiger partial charge < -0.3 is 9.47 Å². The summed E-state index contributed by atoms with van der Waals surface area (Å²) < 4.78 is 39.0. The van der Waals surface area contributed by atoms with Gasteiger partial charge in [-0.15, -0.1) is 0 Å². The molecule has 0 spiro atoms. The van der Waals surface area contributed by atoms with Crippen molar-refractivity contribution < 1.29 is 36.6 Å². The third-order valence-corrected chi connectivity index (χ3v) is 3.96. The van der Waals surface area contributed by atoms with E-state index in [1.165, 1.54) is 19.1 Å². The maximum atomic E-state index is 11.9. The highest BCUT2D eigenvalue weighted by Gasteiger charge is 2.14. The Morgan fingerprint density at radius 3 is 2.04 bits per heavy atom. The lowest BCUT2D eigenvalue weighted by molar-refractivity contribution is -0.274.